The maximum absolute atomic E-state index is 11.9. The van der Waals surface area contributed by atoms with Crippen molar-refractivity contribution in [1.29, 1.82) is 0 Å². The van der Waals surface area contributed by atoms with Gasteiger partial charge in [0, 0.05) is 12.4 Å². The predicted molar refractivity (Wildman–Crippen MR) is 34.8 cm³/mol. The van der Waals surface area contributed by atoms with E-state index in [1.54, 1.807) is 18.3 Å². The number of pyridine rings is 1. The van der Waals surface area contributed by atoms with E-state index in [-0.39, 0.29) is 0 Å². The van der Waals surface area contributed by atoms with Gasteiger partial charge in [-0.3, -0.25) is 4.98 Å². The molecule has 1 rings (SSSR count). The summed E-state index contributed by atoms with van der Waals surface area (Å²) in [6.07, 6.45) is 2.24. The number of aromatic nitrogens is 1. The summed E-state index contributed by atoms with van der Waals surface area (Å²) < 4.78 is 11.9. The molecule has 53 valence electrons. The van der Waals surface area contributed by atoms with E-state index >= 15 is 0 Å². The molecule has 2 nitrogen and oxygen atoms in total. The van der Waals surface area contributed by atoms with Gasteiger partial charge in [-0.1, -0.05) is 6.07 Å². The van der Waals surface area contributed by atoms with Crippen molar-refractivity contribution in [2.75, 3.05) is 0 Å². The van der Waals surface area contributed by atoms with Crippen LogP contribution in [0, 0.1) is 6.42 Å². The fourth-order valence-electron chi connectivity index (χ4n) is 0.633. The molecule has 3 heteroatoms. The van der Waals surface area contributed by atoms with Crippen LogP contribution in [0.3, 0.4) is 0 Å². The van der Waals surface area contributed by atoms with Crippen molar-refractivity contribution >= 4 is 0 Å². The molecular weight excluding hydrogens is 133 g/mol. The molecule has 0 bridgehead atoms. The number of nitrogens with zero attached hydrogens (tertiary/aromatic N) is 1. The van der Waals surface area contributed by atoms with Gasteiger partial charge in [-0.05, 0) is 11.6 Å². The first-order valence-corrected chi connectivity index (χ1v) is 2.86. The summed E-state index contributed by atoms with van der Waals surface area (Å²) in [7, 11) is 0. The lowest BCUT2D eigenvalue weighted by atomic mass is 10.2. The average molecular weight is 140 g/mol. The maximum Gasteiger partial charge on any atom is 0.204 e. The van der Waals surface area contributed by atoms with Crippen LogP contribution in [0.1, 0.15) is 5.56 Å². The van der Waals surface area contributed by atoms with E-state index in [9.17, 15) is 4.39 Å². The Balaban J connectivity index is 2.59. The zero-order valence-corrected chi connectivity index (χ0v) is 5.24. The molecule has 0 saturated carbocycles. The SMILES string of the molecule is OC(F)[CH]c1cccnc1. The largest absolute Gasteiger partial charge is 0.364 e. The number of aliphatic hydroxyl groups is 1. The number of hydrogen-bond donors (Lipinski definition) is 1. The zero-order valence-electron chi connectivity index (χ0n) is 5.24. The molecule has 1 N–H and O–H groups in total. The second-order valence-electron chi connectivity index (χ2n) is 1.83. The Bertz CT molecular complexity index is 188. The monoisotopic (exact) mass is 140 g/mol. The Morgan fingerprint density at radius 1 is 1.70 bits per heavy atom. The quantitative estimate of drug-likeness (QED) is 0.662. The van der Waals surface area contributed by atoms with Crippen LogP contribution >= 0.6 is 0 Å². The number of halogens is 1. The molecule has 0 saturated heterocycles. The van der Waals surface area contributed by atoms with E-state index < -0.39 is 6.36 Å². The smallest absolute Gasteiger partial charge is 0.204 e. The van der Waals surface area contributed by atoms with Crippen molar-refractivity contribution in [2.24, 2.45) is 0 Å². The first kappa shape index (κ1) is 7.15. The molecule has 0 fully saturated rings. The molecule has 1 atom stereocenters. The standard InChI is InChI=1S/C7H7FNO/c8-7(10)4-6-2-1-3-9-5-6/h1-5,7,10H. The van der Waals surface area contributed by atoms with Gasteiger partial charge in [-0.25, -0.2) is 4.39 Å². The third kappa shape index (κ3) is 2.11. The molecule has 1 aromatic rings. The van der Waals surface area contributed by atoms with Gasteiger partial charge >= 0.3 is 0 Å². The Morgan fingerprint density at radius 2 is 2.50 bits per heavy atom. The highest BCUT2D eigenvalue weighted by molar-refractivity contribution is 5.18. The molecule has 0 aliphatic carbocycles. The van der Waals surface area contributed by atoms with E-state index in [1.165, 1.54) is 6.20 Å². The van der Waals surface area contributed by atoms with Gasteiger partial charge in [0.15, 0.2) is 0 Å². The van der Waals surface area contributed by atoms with Crippen LogP contribution in [0.15, 0.2) is 24.5 Å². The van der Waals surface area contributed by atoms with Crippen molar-refractivity contribution in [3.8, 4) is 0 Å². The number of aliphatic hydroxyl groups excluding tert-OH is 1. The van der Waals surface area contributed by atoms with E-state index in [4.69, 9.17) is 5.11 Å². The topological polar surface area (TPSA) is 33.1 Å². The van der Waals surface area contributed by atoms with Crippen LogP contribution in [0.5, 0.6) is 0 Å². The molecule has 1 heterocycles. The molecule has 0 amide bonds. The highest BCUT2D eigenvalue weighted by Gasteiger charge is 2.00. The van der Waals surface area contributed by atoms with Crippen molar-refractivity contribution in [3.05, 3.63) is 36.5 Å². The van der Waals surface area contributed by atoms with Crippen molar-refractivity contribution in [3.63, 3.8) is 0 Å². The summed E-state index contributed by atoms with van der Waals surface area (Å²) in [5.74, 6) is 0. The minimum Gasteiger partial charge on any atom is -0.364 e. The molecular formula is C7H7FNO. The number of rotatable bonds is 2. The lowest BCUT2D eigenvalue weighted by Gasteiger charge is -1.97. The molecule has 10 heavy (non-hydrogen) atoms. The molecule has 1 aromatic heterocycles. The summed E-state index contributed by atoms with van der Waals surface area (Å²) >= 11 is 0. The van der Waals surface area contributed by atoms with E-state index in [2.05, 4.69) is 4.98 Å². The van der Waals surface area contributed by atoms with Gasteiger partial charge in [0.1, 0.15) is 0 Å². The molecule has 0 aromatic carbocycles. The van der Waals surface area contributed by atoms with Gasteiger partial charge in [-0.2, -0.15) is 0 Å². The minimum atomic E-state index is -1.90. The summed E-state index contributed by atoms with van der Waals surface area (Å²) in [5, 5.41) is 8.26. The summed E-state index contributed by atoms with van der Waals surface area (Å²) in [6.45, 7) is 0. The van der Waals surface area contributed by atoms with Crippen LogP contribution in [0.2, 0.25) is 0 Å². The van der Waals surface area contributed by atoms with Crippen LogP contribution in [-0.4, -0.2) is 16.4 Å². The number of alkyl halides is 1. The highest BCUT2D eigenvalue weighted by atomic mass is 19.1. The van der Waals surface area contributed by atoms with Crippen LogP contribution < -0.4 is 0 Å². The van der Waals surface area contributed by atoms with Gasteiger partial charge in [0.2, 0.25) is 6.36 Å². The second-order valence-corrected chi connectivity index (χ2v) is 1.83. The molecule has 1 radical (unpaired) electrons. The average Bonchev–Trinajstić information content (AvgIpc) is 1.88. The molecule has 0 aliphatic heterocycles. The summed E-state index contributed by atoms with van der Waals surface area (Å²) in [6, 6.07) is 3.34. The van der Waals surface area contributed by atoms with E-state index in [1.807, 2.05) is 0 Å². The maximum atomic E-state index is 11.9. The van der Waals surface area contributed by atoms with Crippen molar-refractivity contribution in [1.82, 2.24) is 4.98 Å². The molecule has 0 aliphatic rings. The van der Waals surface area contributed by atoms with Crippen molar-refractivity contribution in [2.45, 2.75) is 6.36 Å². The van der Waals surface area contributed by atoms with E-state index in [0.29, 0.717) is 5.56 Å². The number of hydrogen-bond acceptors (Lipinski definition) is 2. The normalized spacial score (nSPS) is 13.0. The molecule has 1 unspecified atom stereocenters. The van der Waals surface area contributed by atoms with Gasteiger partial charge in [0.05, 0.1) is 6.42 Å². The summed E-state index contributed by atoms with van der Waals surface area (Å²) in [4.78, 5) is 3.73. The van der Waals surface area contributed by atoms with Gasteiger partial charge in [-0.15, -0.1) is 0 Å². The zero-order chi connectivity index (χ0) is 7.40. The van der Waals surface area contributed by atoms with E-state index in [0.717, 1.165) is 6.42 Å². The Kier molecular flexibility index (Phi) is 2.34. The fraction of sp³-hybridized carbons (Fsp3) is 0.143. The highest BCUT2D eigenvalue weighted by Crippen LogP contribution is 2.03. The third-order valence-electron chi connectivity index (χ3n) is 1.01. The van der Waals surface area contributed by atoms with Crippen LogP contribution in [-0.2, 0) is 0 Å². The minimum absolute atomic E-state index is 0.581. The fourth-order valence-corrected chi connectivity index (χ4v) is 0.633. The Morgan fingerprint density at radius 3 is 3.00 bits per heavy atom. The molecule has 0 spiro atoms. The van der Waals surface area contributed by atoms with Crippen molar-refractivity contribution < 1.29 is 9.50 Å². The predicted octanol–water partition coefficient (Wildman–Crippen LogP) is 0.922. The van der Waals surface area contributed by atoms with Gasteiger partial charge in [0.25, 0.3) is 0 Å². The van der Waals surface area contributed by atoms with Gasteiger partial charge < -0.3 is 5.11 Å². The first-order valence-electron chi connectivity index (χ1n) is 2.86. The first-order chi connectivity index (χ1) is 4.79. The third-order valence-corrected chi connectivity index (χ3v) is 1.01. The Labute approximate surface area is 58.3 Å². The summed E-state index contributed by atoms with van der Waals surface area (Å²) in [5.41, 5.74) is 0.581. The Hall–Kier alpha value is -0.960. The van der Waals surface area contributed by atoms with Crippen LogP contribution in [0.25, 0.3) is 0 Å². The lowest BCUT2D eigenvalue weighted by Crippen LogP contribution is -1.98. The van der Waals surface area contributed by atoms with Crippen LogP contribution in [0.4, 0.5) is 4.39 Å². The lowest BCUT2D eigenvalue weighted by molar-refractivity contribution is 0.0759. The second kappa shape index (κ2) is 3.27.